The van der Waals surface area contributed by atoms with E-state index in [1.54, 1.807) is 0 Å². The van der Waals surface area contributed by atoms with Gasteiger partial charge in [0.25, 0.3) is 0 Å². The molecule has 6 heteroatoms. The van der Waals surface area contributed by atoms with Gasteiger partial charge in [0, 0.05) is 10.9 Å². The predicted octanol–water partition coefficient (Wildman–Crippen LogP) is 2.34. The zero-order valence-corrected chi connectivity index (χ0v) is 11.2. The molecule has 2 heterocycles. The number of aromatic nitrogens is 3. The molecule has 0 fully saturated rings. The van der Waals surface area contributed by atoms with Crippen LogP contribution in [0.2, 0.25) is 0 Å². The van der Waals surface area contributed by atoms with Crippen molar-refractivity contribution in [2.75, 3.05) is 11.1 Å². The van der Waals surface area contributed by atoms with Gasteiger partial charge in [0.2, 0.25) is 11.9 Å². The van der Waals surface area contributed by atoms with E-state index in [1.165, 1.54) is 11.2 Å². The minimum absolute atomic E-state index is 0.248. The van der Waals surface area contributed by atoms with Crippen molar-refractivity contribution in [3.63, 3.8) is 0 Å². The highest BCUT2D eigenvalue weighted by atomic mass is 32.1. The van der Waals surface area contributed by atoms with Crippen LogP contribution < -0.4 is 11.1 Å². The molecular weight excluding hydrogens is 246 g/mol. The van der Waals surface area contributed by atoms with Crippen molar-refractivity contribution in [1.29, 1.82) is 0 Å². The topological polar surface area (TPSA) is 76.7 Å². The van der Waals surface area contributed by atoms with Gasteiger partial charge < -0.3 is 11.1 Å². The number of anilines is 2. The number of hydrogen-bond acceptors (Lipinski definition) is 6. The first-order valence-corrected chi connectivity index (χ1v) is 6.85. The first-order valence-electron chi connectivity index (χ1n) is 5.97. The van der Waals surface area contributed by atoms with Crippen LogP contribution in [0.15, 0.2) is 23.8 Å². The molecule has 0 aromatic carbocycles. The van der Waals surface area contributed by atoms with E-state index in [1.807, 2.05) is 11.3 Å². The fourth-order valence-electron chi connectivity index (χ4n) is 1.71. The summed E-state index contributed by atoms with van der Waals surface area (Å²) in [6.45, 7) is 2.12. The maximum absolute atomic E-state index is 5.50. The lowest BCUT2D eigenvalue weighted by molar-refractivity contribution is 0.653. The molecule has 0 bridgehead atoms. The Balaban J connectivity index is 1.73. The number of rotatable bonds is 6. The molecule has 1 atom stereocenters. The van der Waals surface area contributed by atoms with Crippen molar-refractivity contribution >= 4 is 23.2 Å². The van der Waals surface area contributed by atoms with E-state index in [4.69, 9.17) is 5.73 Å². The van der Waals surface area contributed by atoms with E-state index in [0.717, 1.165) is 19.3 Å². The molecular formula is C12H17N5S. The molecule has 3 N–H and O–H groups in total. The van der Waals surface area contributed by atoms with Gasteiger partial charge in [-0.05, 0) is 37.6 Å². The molecule has 2 aromatic heterocycles. The summed E-state index contributed by atoms with van der Waals surface area (Å²) in [6.07, 6.45) is 4.77. The third-order valence-electron chi connectivity index (χ3n) is 2.61. The van der Waals surface area contributed by atoms with E-state index < -0.39 is 0 Å². The maximum Gasteiger partial charge on any atom is 0.227 e. The van der Waals surface area contributed by atoms with Crippen molar-refractivity contribution < 1.29 is 0 Å². The molecule has 0 aliphatic rings. The number of hydrogen-bond donors (Lipinski definition) is 2. The first-order chi connectivity index (χ1) is 8.74. The summed E-state index contributed by atoms with van der Waals surface area (Å²) in [4.78, 5) is 13.2. The van der Waals surface area contributed by atoms with Gasteiger partial charge in [-0.1, -0.05) is 6.07 Å². The fraction of sp³-hybridized carbons (Fsp3) is 0.417. The smallest absolute Gasteiger partial charge is 0.227 e. The zero-order valence-electron chi connectivity index (χ0n) is 10.3. The van der Waals surface area contributed by atoms with E-state index in [-0.39, 0.29) is 5.95 Å². The monoisotopic (exact) mass is 263 g/mol. The van der Waals surface area contributed by atoms with Gasteiger partial charge >= 0.3 is 0 Å². The third-order valence-corrected chi connectivity index (χ3v) is 3.54. The van der Waals surface area contributed by atoms with E-state index in [0.29, 0.717) is 12.0 Å². The van der Waals surface area contributed by atoms with Crippen LogP contribution in [0.1, 0.15) is 24.6 Å². The lowest BCUT2D eigenvalue weighted by Crippen LogP contribution is -2.17. The highest BCUT2D eigenvalue weighted by Gasteiger charge is 2.05. The van der Waals surface area contributed by atoms with Crippen LogP contribution in [-0.4, -0.2) is 21.0 Å². The van der Waals surface area contributed by atoms with Gasteiger partial charge in [0.05, 0.1) is 0 Å². The number of nitrogens with zero attached hydrogens (tertiary/aromatic N) is 3. The van der Waals surface area contributed by atoms with Crippen LogP contribution >= 0.6 is 11.3 Å². The molecule has 18 heavy (non-hydrogen) atoms. The summed E-state index contributed by atoms with van der Waals surface area (Å²) in [6, 6.07) is 4.59. The number of thiophene rings is 1. The molecule has 0 saturated heterocycles. The summed E-state index contributed by atoms with van der Waals surface area (Å²) in [5, 5.41) is 5.34. The van der Waals surface area contributed by atoms with Crippen LogP contribution in [0.3, 0.4) is 0 Å². The van der Waals surface area contributed by atoms with Gasteiger partial charge in [-0.15, -0.1) is 11.3 Å². The Morgan fingerprint density at radius 1 is 1.44 bits per heavy atom. The highest BCUT2D eigenvalue weighted by Crippen LogP contribution is 2.13. The molecule has 2 aromatic rings. The van der Waals surface area contributed by atoms with Gasteiger partial charge in [-0.3, -0.25) is 0 Å². The first kappa shape index (κ1) is 12.8. The molecule has 0 aliphatic carbocycles. The number of nitrogens with two attached hydrogens (primary N) is 1. The Bertz CT molecular complexity index is 471. The normalized spacial score (nSPS) is 12.3. The van der Waals surface area contributed by atoms with Crippen LogP contribution in [0.25, 0.3) is 0 Å². The average Bonchev–Trinajstić information content (AvgIpc) is 2.82. The number of nitrogen functional groups attached to an aromatic ring is 1. The van der Waals surface area contributed by atoms with Gasteiger partial charge in [0.15, 0.2) is 0 Å². The number of nitrogens with one attached hydrogen (secondary N) is 1. The van der Waals surface area contributed by atoms with Crippen LogP contribution in [-0.2, 0) is 6.42 Å². The van der Waals surface area contributed by atoms with E-state index in [2.05, 4.69) is 44.7 Å². The largest absolute Gasteiger partial charge is 0.368 e. The second-order valence-corrected chi connectivity index (χ2v) is 5.22. The molecule has 0 radical (unpaired) electrons. The lowest BCUT2D eigenvalue weighted by atomic mass is 10.1. The molecule has 0 aliphatic heterocycles. The summed E-state index contributed by atoms with van der Waals surface area (Å²) in [7, 11) is 0. The lowest BCUT2D eigenvalue weighted by Gasteiger charge is -2.13. The van der Waals surface area contributed by atoms with Crippen LogP contribution in [0.4, 0.5) is 11.9 Å². The summed E-state index contributed by atoms with van der Waals surface area (Å²) in [5.41, 5.74) is 5.50. The van der Waals surface area contributed by atoms with Crippen molar-refractivity contribution in [2.45, 2.75) is 32.2 Å². The Hall–Kier alpha value is -1.69. The standard InChI is InChI=1S/C12H17N5S/c1-9(4-2-5-10-6-3-7-18-10)16-12-15-8-14-11(13)17-12/h3,6-9H,2,4-5H2,1H3,(H3,13,14,15,16,17). The average molecular weight is 263 g/mol. The molecule has 5 nitrogen and oxygen atoms in total. The van der Waals surface area contributed by atoms with Gasteiger partial charge in [-0.25, -0.2) is 9.97 Å². The Labute approximate surface area is 111 Å². The van der Waals surface area contributed by atoms with E-state index in [9.17, 15) is 0 Å². The minimum Gasteiger partial charge on any atom is -0.368 e. The summed E-state index contributed by atoms with van der Waals surface area (Å²) < 4.78 is 0. The fourth-order valence-corrected chi connectivity index (χ4v) is 2.46. The quantitative estimate of drug-likeness (QED) is 0.836. The second kappa shape index (κ2) is 6.30. The predicted molar refractivity (Wildman–Crippen MR) is 74.6 cm³/mol. The van der Waals surface area contributed by atoms with Gasteiger partial charge in [-0.2, -0.15) is 4.98 Å². The maximum atomic E-state index is 5.50. The van der Waals surface area contributed by atoms with Crippen molar-refractivity contribution in [3.8, 4) is 0 Å². The van der Waals surface area contributed by atoms with E-state index >= 15 is 0 Å². The molecule has 2 rings (SSSR count). The van der Waals surface area contributed by atoms with Crippen molar-refractivity contribution in [2.24, 2.45) is 0 Å². The Kier molecular flexibility index (Phi) is 4.46. The summed E-state index contributed by atoms with van der Waals surface area (Å²) in [5.74, 6) is 0.796. The summed E-state index contributed by atoms with van der Waals surface area (Å²) >= 11 is 1.81. The zero-order chi connectivity index (χ0) is 12.8. The third kappa shape index (κ3) is 3.96. The molecule has 0 saturated carbocycles. The van der Waals surface area contributed by atoms with Crippen molar-refractivity contribution in [3.05, 3.63) is 28.7 Å². The molecule has 0 amide bonds. The second-order valence-electron chi connectivity index (χ2n) is 4.18. The Morgan fingerprint density at radius 2 is 2.33 bits per heavy atom. The minimum atomic E-state index is 0.248. The molecule has 1 unspecified atom stereocenters. The number of aryl methyl sites for hydroxylation is 1. The van der Waals surface area contributed by atoms with Crippen LogP contribution in [0, 0.1) is 0 Å². The Morgan fingerprint density at radius 3 is 3.06 bits per heavy atom. The van der Waals surface area contributed by atoms with Crippen LogP contribution in [0.5, 0.6) is 0 Å². The van der Waals surface area contributed by atoms with Gasteiger partial charge in [0.1, 0.15) is 6.33 Å². The SMILES string of the molecule is CC(CCCc1cccs1)Nc1ncnc(N)n1. The highest BCUT2D eigenvalue weighted by molar-refractivity contribution is 7.09. The molecule has 0 spiro atoms. The molecule has 96 valence electrons. The van der Waals surface area contributed by atoms with Crippen molar-refractivity contribution in [1.82, 2.24) is 15.0 Å².